The lowest BCUT2D eigenvalue weighted by atomic mass is 10.2. The quantitative estimate of drug-likeness (QED) is 0.795. The maximum Gasteiger partial charge on any atom is 0.240 e. The first-order chi connectivity index (χ1) is 8.06. The van der Waals surface area contributed by atoms with Gasteiger partial charge in [0.15, 0.2) is 6.29 Å². The molecule has 0 radical (unpaired) electrons. The lowest BCUT2D eigenvalue weighted by molar-refractivity contribution is 0.112. The van der Waals surface area contributed by atoms with E-state index in [2.05, 4.69) is 4.72 Å². The SMILES string of the molecule is COc1ccc(S(=O)(=O)NC2CC2)cc1C=O. The van der Waals surface area contributed by atoms with Crippen molar-refractivity contribution in [3.8, 4) is 5.75 Å². The maximum absolute atomic E-state index is 11.9. The van der Waals surface area contributed by atoms with Gasteiger partial charge in [-0.15, -0.1) is 0 Å². The van der Waals surface area contributed by atoms with Crippen LogP contribution in [0.25, 0.3) is 0 Å². The summed E-state index contributed by atoms with van der Waals surface area (Å²) < 4.78 is 31.3. The van der Waals surface area contributed by atoms with Crippen LogP contribution in [-0.4, -0.2) is 27.9 Å². The van der Waals surface area contributed by atoms with Crippen LogP contribution in [0.4, 0.5) is 0 Å². The lowest BCUT2D eigenvalue weighted by Gasteiger charge is -2.08. The summed E-state index contributed by atoms with van der Waals surface area (Å²) in [7, 11) is -2.09. The molecule has 0 aliphatic heterocycles. The third-order valence-corrected chi connectivity index (χ3v) is 4.06. The van der Waals surface area contributed by atoms with Gasteiger partial charge in [-0.1, -0.05) is 0 Å². The van der Waals surface area contributed by atoms with Gasteiger partial charge in [0.2, 0.25) is 10.0 Å². The Balaban J connectivity index is 2.35. The summed E-state index contributed by atoms with van der Waals surface area (Å²) in [6, 6.07) is 4.26. The highest BCUT2D eigenvalue weighted by atomic mass is 32.2. The fraction of sp³-hybridized carbons (Fsp3) is 0.364. The minimum atomic E-state index is -3.52. The minimum absolute atomic E-state index is 0.0433. The van der Waals surface area contributed by atoms with Crippen molar-refractivity contribution in [1.82, 2.24) is 4.72 Å². The molecular formula is C11H13NO4S. The zero-order chi connectivity index (χ0) is 12.5. The second-order valence-corrected chi connectivity index (χ2v) is 5.63. The summed E-state index contributed by atoms with van der Waals surface area (Å²) >= 11 is 0. The van der Waals surface area contributed by atoms with Crippen molar-refractivity contribution >= 4 is 16.3 Å². The van der Waals surface area contributed by atoms with Crippen molar-refractivity contribution in [1.29, 1.82) is 0 Å². The van der Waals surface area contributed by atoms with E-state index >= 15 is 0 Å². The number of carbonyl (C=O) groups excluding carboxylic acids is 1. The first-order valence-corrected chi connectivity index (χ1v) is 6.70. The zero-order valence-corrected chi connectivity index (χ0v) is 10.2. The van der Waals surface area contributed by atoms with Crippen molar-refractivity contribution in [2.45, 2.75) is 23.8 Å². The largest absolute Gasteiger partial charge is 0.496 e. The van der Waals surface area contributed by atoms with E-state index in [1.807, 2.05) is 0 Å². The van der Waals surface area contributed by atoms with Crippen LogP contribution in [0.5, 0.6) is 5.75 Å². The molecule has 2 rings (SSSR count). The molecule has 17 heavy (non-hydrogen) atoms. The van der Waals surface area contributed by atoms with Gasteiger partial charge in [-0.3, -0.25) is 4.79 Å². The Hall–Kier alpha value is -1.40. The number of ether oxygens (including phenoxy) is 1. The highest BCUT2D eigenvalue weighted by molar-refractivity contribution is 7.89. The van der Waals surface area contributed by atoms with Crippen LogP contribution in [0.1, 0.15) is 23.2 Å². The third kappa shape index (κ3) is 2.65. The van der Waals surface area contributed by atoms with Crippen LogP contribution in [0.3, 0.4) is 0 Å². The summed E-state index contributed by atoms with van der Waals surface area (Å²) in [5.41, 5.74) is 0.228. The van der Waals surface area contributed by atoms with Gasteiger partial charge in [0.25, 0.3) is 0 Å². The van der Waals surface area contributed by atoms with Gasteiger partial charge in [-0.05, 0) is 31.0 Å². The van der Waals surface area contributed by atoms with Gasteiger partial charge in [-0.2, -0.15) is 0 Å². The molecule has 0 spiro atoms. The molecule has 0 atom stereocenters. The summed E-state index contributed by atoms with van der Waals surface area (Å²) in [6.07, 6.45) is 2.32. The van der Waals surface area contributed by atoms with E-state index in [-0.39, 0.29) is 16.5 Å². The average molecular weight is 255 g/mol. The van der Waals surface area contributed by atoms with E-state index in [9.17, 15) is 13.2 Å². The van der Waals surface area contributed by atoms with Crippen LogP contribution in [0.2, 0.25) is 0 Å². The van der Waals surface area contributed by atoms with E-state index in [0.29, 0.717) is 12.0 Å². The van der Waals surface area contributed by atoms with Crippen LogP contribution in [-0.2, 0) is 10.0 Å². The van der Waals surface area contributed by atoms with Gasteiger partial charge in [0.1, 0.15) is 5.75 Å². The Labute approximate surface area is 99.8 Å². The number of aldehydes is 1. The van der Waals surface area contributed by atoms with E-state index in [1.54, 1.807) is 0 Å². The second kappa shape index (κ2) is 4.46. The molecule has 1 aromatic carbocycles. The Morgan fingerprint density at radius 3 is 2.65 bits per heavy atom. The summed E-state index contributed by atoms with van der Waals surface area (Å²) in [5, 5.41) is 0. The minimum Gasteiger partial charge on any atom is -0.496 e. The fourth-order valence-corrected chi connectivity index (χ4v) is 2.80. The maximum atomic E-state index is 11.9. The normalized spacial score (nSPS) is 15.6. The Morgan fingerprint density at radius 1 is 1.41 bits per heavy atom. The predicted octanol–water partition coefficient (Wildman–Crippen LogP) is 0.948. The highest BCUT2D eigenvalue weighted by Gasteiger charge is 2.28. The molecule has 1 aromatic rings. The van der Waals surface area contributed by atoms with E-state index < -0.39 is 10.0 Å². The van der Waals surface area contributed by atoms with Gasteiger partial charge >= 0.3 is 0 Å². The van der Waals surface area contributed by atoms with Crippen LogP contribution >= 0.6 is 0 Å². The van der Waals surface area contributed by atoms with Crippen molar-refractivity contribution in [2.24, 2.45) is 0 Å². The van der Waals surface area contributed by atoms with Crippen molar-refractivity contribution in [2.75, 3.05) is 7.11 Å². The van der Waals surface area contributed by atoms with Gasteiger partial charge < -0.3 is 4.74 Å². The molecule has 1 aliphatic carbocycles. The highest BCUT2D eigenvalue weighted by Crippen LogP contribution is 2.24. The molecule has 1 saturated carbocycles. The number of methoxy groups -OCH3 is 1. The van der Waals surface area contributed by atoms with Crippen LogP contribution < -0.4 is 9.46 Å². The topological polar surface area (TPSA) is 72.5 Å². The first-order valence-electron chi connectivity index (χ1n) is 5.22. The molecule has 1 fully saturated rings. The van der Waals surface area contributed by atoms with Crippen molar-refractivity contribution < 1.29 is 17.9 Å². The number of hydrogen-bond acceptors (Lipinski definition) is 4. The number of carbonyl (C=O) groups is 1. The molecule has 0 aromatic heterocycles. The standard InChI is InChI=1S/C11H13NO4S/c1-16-11-5-4-10(6-8(11)7-13)17(14,15)12-9-2-3-9/h4-7,9,12H,2-3H2,1H3. The molecule has 92 valence electrons. The monoisotopic (exact) mass is 255 g/mol. The van der Waals surface area contributed by atoms with E-state index in [1.165, 1.54) is 25.3 Å². The number of nitrogens with one attached hydrogen (secondary N) is 1. The number of hydrogen-bond donors (Lipinski definition) is 1. The molecule has 0 amide bonds. The first kappa shape index (κ1) is 12.1. The molecule has 0 saturated heterocycles. The van der Waals surface area contributed by atoms with Crippen molar-refractivity contribution in [3.05, 3.63) is 23.8 Å². The number of benzene rings is 1. The molecule has 1 aliphatic rings. The predicted molar refractivity (Wildman–Crippen MR) is 61.7 cm³/mol. The molecular weight excluding hydrogens is 242 g/mol. The fourth-order valence-electron chi connectivity index (χ4n) is 1.46. The molecule has 0 heterocycles. The van der Waals surface area contributed by atoms with Crippen molar-refractivity contribution in [3.63, 3.8) is 0 Å². The average Bonchev–Trinajstić information content (AvgIpc) is 3.11. The molecule has 0 bridgehead atoms. The van der Waals surface area contributed by atoms with Gasteiger partial charge in [0, 0.05) is 6.04 Å². The van der Waals surface area contributed by atoms with Gasteiger partial charge in [0.05, 0.1) is 17.6 Å². The summed E-state index contributed by atoms with van der Waals surface area (Å²) in [6.45, 7) is 0. The molecule has 1 N–H and O–H groups in total. The Kier molecular flexibility index (Phi) is 3.17. The van der Waals surface area contributed by atoms with E-state index in [0.717, 1.165) is 12.8 Å². The number of rotatable bonds is 5. The summed E-state index contributed by atoms with van der Waals surface area (Å²) in [4.78, 5) is 10.9. The third-order valence-electron chi connectivity index (χ3n) is 2.54. The van der Waals surface area contributed by atoms with Gasteiger partial charge in [-0.25, -0.2) is 13.1 Å². The summed E-state index contributed by atoms with van der Waals surface area (Å²) in [5.74, 6) is 0.366. The second-order valence-electron chi connectivity index (χ2n) is 3.92. The number of sulfonamides is 1. The Bertz CT molecular complexity index is 534. The zero-order valence-electron chi connectivity index (χ0n) is 9.34. The Morgan fingerprint density at radius 2 is 2.12 bits per heavy atom. The lowest BCUT2D eigenvalue weighted by Crippen LogP contribution is -2.25. The molecule has 0 unspecified atom stereocenters. The smallest absolute Gasteiger partial charge is 0.240 e. The van der Waals surface area contributed by atoms with Crippen LogP contribution in [0, 0.1) is 0 Å². The molecule has 5 nitrogen and oxygen atoms in total. The van der Waals surface area contributed by atoms with E-state index in [4.69, 9.17) is 4.74 Å². The van der Waals surface area contributed by atoms with Crippen LogP contribution in [0.15, 0.2) is 23.1 Å². The molecule has 6 heteroatoms.